The van der Waals surface area contributed by atoms with Gasteiger partial charge in [0.05, 0.1) is 23.2 Å². The Balaban J connectivity index is 1.49. The average Bonchev–Trinajstić information content (AvgIpc) is 2.85. The quantitative estimate of drug-likeness (QED) is 0.743. The molecule has 0 aliphatic carbocycles. The summed E-state index contributed by atoms with van der Waals surface area (Å²) in [5.41, 5.74) is 1.66. The third kappa shape index (κ3) is 3.10. The Bertz CT molecular complexity index is 1020. The van der Waals surface area contributed by atoms with Gasteiger partial charge in [-0.3, -0.25) is 9.59 Å². The molecule has 7 heteroatoms. The zero-order valence-corrected chi connectivity index (χ0v) is 15.2. The first-order valence-electron chi connectivity index (χ1n) is 8.59. The van der Waals surface area contributed by atoms with Crippen LogP contribution in [0.1, 0.15) is 27.2 Å². The van der Waals surface area contributed by atoms with E-state index in [2.05, 4.69) is 21.4 Å². The van der Waals surface area contributed by atoms with Crippen molar-refractivity contribution in [2.45, 2.75) is 19.8 Å². The normalized spacial score (nSPS) is 16.6. The molecule has 0 bridgehead atoms. The third-order valence-electron chi connectivity index (χ3n) is 4.76. The highest BCUT2D eigenvalue weighted by molar-refractivity contribution is 7.20. The largest absolute Gasteiger partial charge is 0.493 e. The first-order valence-corrected chi connectivity index (χ1v) is 9.41. The second-order valence-electron chi connectivity index (χ2n) is 6.49. The number of hydrogen-bond acceptors (Lipinski definition) is 5. The van der Waals surface area contributed by atoms with Crippen molar-refractivity contribution < 1.29 is 9.53 Å². The fourth-order valence-corrected chi connectivity index (χ4v) is 4.41. The average molecular weight is 369 g/mol. The van der Waals surface area contributed by atoms with Gasteiger partial charge in [0.25, 0.3) is 11.5 Å². The zero-order valence-electron chi connectivity index (χ0n) is 14.4. The van der Waals surface area contributed by atoms with Crippen molar-refractivity contribution in [2.24, 2.45) is 5.92 Å². The van der Waals surface area contributed by atoms with E-state index in [4.69, 9.17) is 4.74 Å². The number of para-hydroxylation sites is 1. The first-order chi connectivity index (χ1) is 12.6. The van der Waals surface area contributed by atoms with Crippen molar-refractivity contribution in [1.82, 2.24) is 15.3 Å². The number of aromatic nitrogens is 2. The van der Waals surface area contributed by atoms with E-state index in [-0.39, 0.29) is 11.5 Å². The first kappa shape index (κ1) is 16.8. The molecule has 3 aromatic rings. The Hall–Kier alpha value is -2.67. The van der Waals surface area contributed by atoms with E-state index in [1.807, 2.05) is 18.2 Å². The molecule has 1 amide bonds. The van der Waals surface area contributed by atoms with E-state index in [1.54, 1.807) is 6.92 Å². The minimum Gasteiger partial charge on any atom is -0.493 e. The fourth-order valence-electron chi connectivity index (χ4n) is 3.35. The molecule has 0 saturated heterocycles. The molecule has 2 N–H and O–H groups in total. The number of carbonyl (C=O) groups is 1. The van der Waals surface area contributed by atoms with Crippen molar-refractivity contribution >= 4 is 27.5 Å². The van der Waals surface area contributed by atoms with Crippen LogP contribution in [0, 0.1) is 12.8 Å². The standard InChI is InChI=1S/C19H19N3O3S/c1-11-15-17(23)21-10-22-19(15)26-16(11)18(24)20-9-12-6-7-25-14-5-3-2-4-13(14)8-12/h2-5,10,12H,6-9H2,1H3,(H,20,24)(H,21,22,23). The lowest BCUT2D eigenvalue weighted by Gasteiger charge is -2.14. The summed E-state index contributed by atoms with van der Waals surface area (Å²) in [5, 5.41) is 3.52. The van der Waals surface area contributed by atoms with Crippen LogP contribution in [0.5, 0.6) is 5.75 Å². The number of aryl methyl sites for hydroxylation is 1. The van der Waals surface area contributed by atoms with E-state index in [0.717, 1.165) is 18.6 Å². The highest BCUT2D eigenvalue weighted by atomic mass is 32.1. The lowest BCUT2D eigenvalue weighted by Crippen LogP contribution is -2.30. The summed E-state index contributed by atoms with van der Waals surface area (Å²) in [4.78, 5) is 32.5. The second-order valence-corrected chi connectivity index (χ2v) is 7.49. The van der Waals surface area contributed by atoms with E-state index < -0.39 is 0 Å². The molecule has 0 saturated carbocycles. The molecule has 0 fully saturated rings. The van der Waals surface area contributed by atoms with Crippen molar-refractivity contribution in [3.8, 4) is 5.75 Å². The Morgan fingerprint density at radius 2 is 2.27 bits per heavy atom. The van der Waals surface area contributed by atoms with Gasteiger partial charge in [-0.15, -0.1) is 11.3 Å². The van der Waals surface area contributed by atoms with Crippen LogP contribution in [-0.2, 0) is 6.42 Å². The Morgan fingerprint density at radius 3 is 3.12 bits per heavy atom. The third-order valence-corrected chi connectivity index (χ3v) is 5.95. The molecule has 3 heterocycles. The lowest BCUT2D eigenvalue weighted by atomic mass is 9.97. The second kappa shape index (κ2) is 6.92. The number of carbonyl (C=O) groups excluding carboxylic acids is 1. The Labute approximate surface area is 154 Å². The molecule has 134 valence electrons. The number of amides is 1. The van der Waals surface area contributed by atoms with Crippen LogP contribution in [0.4, 0.5) is 0 Å². The van der Waals surface area contributed by atoms with Crippen LogP contribution in [0.2, 0.25) is 0 Å². The molecule has 1 unspecified atom stereocenters. The number of thiophene rings is 1. The predicted octanol–water partition coefficient (Wildman–Crippen LogP) is 2.66. The highest BCUT2D eigenvalue weighted by Gasteiger charge is 2.21. The van der Waals surface area contributed by atoms with Crippen molar-refractivity contribution in [1.29, 1.82) is 0 Å². The van der Waals surface area contributed by atoms with E-state index in [1.165, 1.54) is 23.2 Å². The number of aromatic amines is 1. The van der Waals surface area contributed by atoms with Crippen LogP contribution in [0.3, 0.4) is 0 Å². The molecular weight excluding hydrogens is 350 g/mol. The summed E-state index contributed by atoms with van der Waals surface area (Å²) in [5.74, 6) is 1.11. The minimum atomic E-state index is -0.208. The number of fused-ring (bicyclic) bond motifs is 2. The predicted molar refractivity (Wildman–Crippen MR) is 101 cm³/mol. The fraction of sp³-hybridized carbons (Fsp3) is 0.316. The van der Waals surface area contributed by atoms with E-state index in [9.17, 15) is 9.59 Å². The highest BCUT2D eigenvalue weighted by Crippen LogP contribution is 2.28. The van der Waals surface area contributed by atoms with Gasteiger partial charge in [-0.1, -0.05) is 18.2 Å². The maximum atomic E-state index is 12.6. The van der Waals surface area contributed by atoms with Gasteiger partial charge >= 0.3 is 0 Å². The van der Waals surface area contributed by atoms with Gasteiger partial charge in [-0.05, 0) is 42.9 Å². The number of ether oxygens (including phenoxy) is 1. The summed E-state index contributed by atoms with van der Waals surface area (Å²) in [7, 11) is 0. The molecule has 0 spiro atoms. The van der Waals surface area contributed by atoms with Crippen LogP contribution < -0.4 is 15.6 Å². The molecule has 1 atom stereocenters. The molecule has 4 rings (SSSR count). The Kier molecular flexibility index (Phi) is 4.46. The van der Waals surface area contributed by atoms with Crippen LogP contribution in [-0.4, -0.2) is 29.0 Å². The zero-order chi connectivity index (χ0) is 18.1. The van der Waals surface area contributed by atoms with Crippen molar-refractivity contribution in [3.05, 3.63) is 57.0 Å². The monoisotopic (exact) mass is 369 g/mol. The van der Waals surface area contributed by atoms with E-state index >= 15 is 0 Å². The molecule has 1 aromatic carbocycles. The van der Waals surface area contributed by atoms with Gasteiger partial charge in [0.2, 0.25) is 0 Å². The molecule has 26 heavy (non-hydrogen) atoms. The van der Waals surface area contributed by atoms with Crippen molar-refractivity contribution in [3.63, 3.8) is 0 Å². The number of benzene rings is 1. The maximum Gasteiger partial charge on any atom is 0.261 e. The molecule has 1 aliphatic heterocycles. The molecular formula is C19H19N3O3S. The van der Waals surface area contributed by atoms with Crippen LogP contribution in [0.25, 0.3) is 10.2 Å². The smallest absolute Gasteiger partial charge is 0.261 e. The summed E-state index contributed by atoms with van der Waals surface area (Å²) >= 11 is 1.26. The Morgan fingerprint density at radius 1 is 1.42 bits per heavy atom. The lowest BCUT2D eigenvalue weighted by molar-refractivity contribution is 0.0949. The number of rotatable bonds is 3. The molecule has 2 aromatic heterocycles. The summed E-state index contributed by atoms with van der Waals surface area (Å²) in [6, 6.07) is 8.04. The minimum absolute atomic E-state index is 0.150. The van der Waals surface area contributed by atoms with Crippen LogP contribution >= 0.6 is 11.3 Å². The summed E-state index contributed by atoms with van der Waals surface area (Å²) in [6.45, 7) is 3.02. The number of hydrogen-bond donors (Lipinski definition) is 2. The van der Waals surface area contributed by atoms with Gasteiger partial charge in [-0.25, -0.2) is 4.98 Å². The van der Waals surface area contributed by atoms with Gasteiger partial charge in [0, 0.05) is 6.54 Å². The van der Waals surface area contributed by atoms with Gasteiger partial charge < -0.3 is 15.0 Å². The van der Waals surface area contributed by atoms with Gasteiger partial charge in [0.1, 0.15) is 10.6 Å². The molecule has 6 nitrogen and oxygen atoms in total. The topological polar surface area (TPSA) is 84.1 Å². The number of nitrogens with zero attached hydrogens (tertiary/aromatic N) is 1. The number of nitrogens with one attached hydrogen (secondary N) is 2. The summed E-state index contributed by atoms with van der Waals surface area (Å²) in [6.07, 6.45) is 3.13. The van der Waals surface area contributed by atoms with Crippen molar-refractivity contribution in [2.75, 3.05) is 13.2 Å². The molecule has 0 radical (unpaired) electrons. The summed E-state index contributed by atoms with van der Waals surface area (Å²) < 4.78 is 5.79. The molecule has 1 aliphatic rings. The van der Waals surface area contributed by atoms with Gasteiger partial charge in [-0.2, -0.15) is 0 Å². The SMILES string of the molecule is Cc1c(C(=O)NCC2CCOc3ccccc3C2)sc2nc[nH]c(=O)c12. The van der Waals surface area contributed by atoms with Gasteiger partial charge in [0.15, 0.2) is 0 Å². The van der Waals surface area contributed by atoms with Crippen LogP contribution in [0.15, 0.2) is 35.4 Å². The maximum absolute atomic E-state index is 12.6. The van der Waals surface area contributed by atoms with E-state index in [0.29, 0.717) is 39.7 Å². The number of H-pyrrole nitrogens is 1.